The number of amides is 1. The molecule has 0 bridgehead atoms. The molecule has 0 aliphatic rings. The summed E-state index contributed by atoms with van der Waals surface area (Å²) in [5.41, 5.74) is 6.17. The Morgan fingerprint density at radius 2 is 2.39 bits per heavy atom. The van der Waals surface area contributed by atoms with E-state index >= 15 is 0 Å². The molecule has 2 aromatic rings. The molecule has 0 unspecified atom stereocenters. The van der Waals surface area contributed by atoms with Crippen LogP contribution in [0.2, 0.25) is 0 Å². The molecule has 2 rings (SSSR count). The highest BCUT2D eigenvalue weighted by atomic mass is 32.1. The van der Waals surface area contributed by atoms with Crippen molar-refractivity contribution < 1.29 is 9.32 Å². The molecule has 0 atom stereocenters. The number of nitrogens with zero attached hydrogens (tertiary/aromatic N) is 3. The van der Waals surface area contributed by atoms with Crippen LogP contribution in [0.5, 0.6) is 0 Å². The van der Waals surface area contributed by atoms with Gasteiger partial charge in [0, 0.05) is 25.3 Å². The van der Waals surface area contributed by atoms with Gasteiger partial charge in [-0.15, -0.1) is 11.3 Å². The first-order valence-electron chi connectivity index (χ1n) is 5.39. The van der Waals surface area contributed by atoms with E-state index in [4.69, 9.17) is 10.3 Å². The van der Waals surface area contributed by atoms with Crippen molar-refractivity contribution in [2.45, 2.75) is 19.8 Å². The molecule has 18 heavy (non-hydrogen) atoms. The first-order chi connectivity index (χ1) is 8.63. The standard InChI is InChI=1S/C10H13N5O2S/c1-6-13-8(15-17-6)2-3-12-9(16)4-7-5-18-10(11)14-7/h5H,2-4H2,1H3,(H2,11,14)(H,12,16). The Hall–Kier alpha value is -1.96. The Kier molecular flexibility index (Phi) is 3.88. The fraction of sp³-hybridized carbons (Fsp3) is 0.400. The maximum atomic E-state index is 11.6. The van der Waals surface area contributed by atoms with Crippen molar-refractivity contribution in [2.75, 3.05) is 12.3 Å². The summed E-state index contributed by atoms with van der Waals surface area (Å²) in [5.74, 6) is 1.01. The maximum Gasteiger partial charge on any atom is 0.226 e. The summed E-state index contributed by atoms with van der Waals surface area (Å²) < 4.78 is 4.82. The van der Waals surface area contributed by atoms with Crippen LogP contribution in [0.4, 0.5) is 5.13 Å². The zero-order valence-corrected chi connectivity index (χ0v) is 10.7. The molecular formula is C10H13N5O2S. The number of aryl methyl sites for hydroxylation is 1. The van der Waals surface area contributed by atoms with E-state index in [1.807, 2.05) is 0 Å². The fourth-order valence-corrected chi connectivity index (χ4v) is 1.95. The lowest BCUT2D eigenvalue weighted by molar-refractivity contribution is -0.120. The first-order valence-corrected chi connectivity index (χ1v) is 6.27. The van der Waals surface area contributed by atoms with Gasteiger partial charge >= 0.3 is 0 Å². The molecule has 0 aliphatic carbocycles. The van der Waals surface area contributed by atoms with E-state index in [0.717, 1.165) is 0 Å². The molecule has 7 nitrogen and oxygen atoms in total. The molecule has 96 valence electrons. The van der Waals surface area contributed by atoms with Crippen molar-refractivity contribution in [3.8, 4) is 0 Å². The van der Waals surface area contributed by atoms with Crippen LogP contribution in [0.1, 0.15) is 17.4 Å². The van der Waals surface area contributed by atoms with Crippen molar-refractivity contribution in [1.82, 2.24) is 20.4 Å². The second kappa shape index (κ2) is 5.58. The monoisotopic (exact) mass is 267 g/mol. The maximum absolute atomic E-state index is 11.6. The number of rotatable bonds is 5. The van der Waals surface area contributed by atoms with Crippen LogP contribution in [0.15, 0.2) is 9.90 Å². The second-order valence-corrected chi connectivity index (χ2v) is 4.57. The van der Waals surface area contributed by atoms with Gasteiger partial charge < -0.3 is 15.6 Å². The van der Waals surface area contributed by atoms with Crippen LogP contribution in [-0.4, -0.2) is 27.6 Å². The van der Waals surface area contributed by atoms with Crippen LogP contribution < -0.4 is 11.1 Å². The third-order valence-corrected chi connectivity index (χ3v) is 2.87. The molecule has 8 heteroatoms. The highest BCUT2D eigenvalue weighted by molar-refractivity contribution is 7.13. The van der Waals surface area contributed by atoms with E-state index in [2.05, 4.69) is 20.4 Å². The molecule has 0 saturated heterocycles. The average Bonchev–Trinajstić information content (AvgIpc) is 2.88. The van der Waals surface area contributed by atoms with Gasteiger partial charge in [0.05, 0.1) is 12.1 Å². The van der Waals surface area contributed by atoms with E-state index in [0.29, 0.717) is 35.5 Å². The van der Waals surface area contributed by atoms with Gasteiger partial charge in [-0.25, -0.2) is 4.98 Å². The molecule has 1 amide bonds. The summed E-state index contributed by atoms with van der Waals surface area (Å²) in [6, 6.07) is 0. The molecule has 0 spiro atoms. The van der Waals surface area contributed by atoms with Gasteiger partial charge in [0.1, 0.15) is 0 Å². The Morgan fingerprint density at radius 1 is 1.56 bits per heavy atom. The van der Waals surface area contributed by atoms with Gasteiger partial charge in [-0.05, 0) is 0 Å². The number of hydrogen-bond acceptors (Lipinski definition) is 7. The van der Waals surface area contributed by atoms with Crippen LogP contribution >= 0.6 is 11.3 Å². The van der Waals surface area contributed by atoms with Crippen molar-refractivity contribution in [3.05, 3.63) is 22.8 Å². The van der Waals surface area contributed by atoms with Gasteiger partial charge in [-0.1, -0.05) is 5.16 Å². The predicted octanol–water partition coefficient (Wildman–Crippen LogP) is 0.318. The quantitative estimate of drug-likeness (QED) is 0.807. The number of nitrogens with one attached hydrogen (secondary N) is 1. The minimum absolute atomic E-state index is 0.0967. The van der Waals surface area contributed by atoms with Crippen LogP contribution in [-0.2, 0) is 17.6 Å². The van der Waals surface area contributed by atoms with Gasteiger partial charge in [-0.2, -0.15) is 4.98 Å². The summed E-state index contributed by atoms with van der Waals surface area (Å²) in [4.78, 5) is 19.6. The molecule has 2 heterocycles. The Bertz CT molecular complexity index is 536. The first kappa shape index (κ1) is 12.5. The molecule has 0 aromatic carbocycles. The summed E-state index contributed by atoms with van der Waals surface area (Å²) in [6.45, 7) is 2.19. The second-order valence-electron chi connectivity index (χ2n) is 3.68. The normalized spacial score (nSPS) is 10.5. The molecule has 2 aromatic heterocycles. The van der Waals surface area contributed by atoms with Gasteiger partial charge in [0.25, 0.3) is 0 Å². The summed E-state index contributed by atoms with van der Waals surface area (Å²) in [7, 11) is 0. The molecule has 0 saturated carbocycles. The van der Waals surface area contributed by atoms with Crippen LogP contribution in [0.25, 0.3) is 0 Å². The SMILES string of the molecule is Cc1nc(CCNC(=O)Cc2csc(N)n2)no1. The largest absolute Gasteiger partial charge is 0.375 e. The zero-order chi connectivity index (χ0) is 13.0. The fourth-order valence-electron chi connectivity index (χ4n) is 1.39. The third-order valence-electron chi connectivity index (χ3n) is 2.15. The smallest absolute Gasteiger partial charge is 0.226 e. The summed E-state index contributed by atoms with van der Waals surface area (Å²) in [6.07, 6.45) is 0.779. The lowest BCUT2D eigenvalue weighted by atomic mass is 10.3. The topological polar surface area (TPSA) is 107 Å². The zero-order valence-electron chi connectivity index (χ0n) is 9.84. The number of hydrogen-bond donors (Lipinski definition) is 2. The van der Waals surface area contributed by atoms with Crippen LogP contribution in [0, 0.1) is 6.92 Å². The minimum Gasteiger partial charge on any atom is -0.375 e. The Morgan fingerprint density at radius 3 is 3.00 bits per heavy atom. The number of anilines is 1. The molecule has 0 fully saturated rings. The molecule has 0 aliphatic heterocycles. The molecule has 3 N–H and O–H groups in total. The predicted molar refractivity (Wildman–Crippen MR) is 66.0 cm³/mol. The van der Waals surface area contributed by atoms with Crippen LogP contribution in [0.3, 0.4) is 0 Å². The average molecular weight is 267 g/mol. The minimum atomic E-state index is -0.0967. The van der Waals surface area contributed by atoms with E-state index < -0.39 is 0 Å². The van der Waals surface area contributed by atoms with Gasteiger partial charge in [0.15, 0.2) is 11.0 Å². The number of nitrogen functional groups attached to an aromatic ring is 1. The number of carbonyl (C=O) groups excluding carboxylic acids is 1. The Balaban J connectivity index is 1.72. The lowest BCUT2D eigenvalue weighted by Gasteiger charge is -2.01. The Labute approximate surface area is 107 Å². The molecular weight excluding hydrogens is 254 g/mol. The van der Waals surface area contributed by atoms with E-state index in [1.165, 1.54) is 11.3 Å². The lowest BCUT2D eigenvalue weighted by Crippen LogP contribution is -2.27. The number of aromatic nitrogens is 3. The van der Waals surface area contributed by atoms with Crippen molar-refractivity contribution >= 4 is 22.4 Å². The van der Waals surface area contributed by atoms with E-state index in [-0.39, 0.29) is 12.3 Å². The van der Waals surface area contributed by atoms with Crippen molar-refractivity contribution in [1.29, 1.82) is 0 Å². The number of carbonyl (C=O) groups is 1. The summed E-state index contributed by atoms with van der Waals surface area (Å²) in [5, 5.41) is 8.74. The summed E-state index contributed by atoms with van der Waals surface area (Å²) >= 11 is 1.32. The third kappa shape index (κ3) is 3.52. The van der Waals surface area contributed by atoms with E-state index in [9.17, 15) is 4.79 Å². The van der Waals surface area contributed by atoms with Crippen molar-refractivity contribution in [3.63, 3.8) is 0 Å². The van der Waals surface area contributed by atoms with Crippen molar-refractivity contribution in [2.24, 2.45) is 0 Å². The highest BCUT2D eigenvalue weighted by Gasteiger charge is 2.07. The molecule has 0 radical (unpaired) electrons. The van der Waals surface area contributed by atoms with Gasteiger partial charge in [0.2, 0.25) is 11.8 Å². The van der Waals surface area contributed by atoms with E-state index in [1.54, 1.807) is 12.3 Å². The number of nitrogens with two attached hydrogens (primary N) is 1. The highest BCUT2D eigenvalue weighted by Crippen LogP contribution is 2.11. The van der Waals surface area contributed by atoms with Gasteiger partial charge in [-0.3, -0.25) is 4.79 Å². The number of thiazole rings is 1.